The Morgan fingerprint density at radius 1 is 1.61 bits per heavy atom. The Morgan fingerprint density at radius 3 is 3.17 bits per heavy atom. The second-order valence-corrected chi connectivity index (χ2v) is 5.12. The number of hydrogen-bond acceptors (Lipinski definition) is 4. The highest BCUT2D eigenvalue weighted by atomic mass is 79.9. The van der Waals surface area contributed by atoms with Crippen molar-refractivity contribution in [2.45, 2.75) is 32.2 Å². The Balaban J connectivity index is 2.23. The van der Waals surface area contributed by atoms with Crippen molar-refractivity contribution in [3.05, 3.63) is 22.8 Å². The monoisotopic (exact) mass is 312 g/mol. The van der Waals surface area contributed by atoms with Gasteiger partial charge in [0.1, 0.15) is 11.9 Å². The molecule has 0 amide bonds. The molecule has 1 fully saturated rings. The zero-order valence-electron chi connectivity index (χ0n) is 10.4. The first-order chi connectivity index (χ1) is 8.74. The van der Waals surface area contributed by atoms with Gasteiger partial charge in [-0.05, 0) is 54.2 Å². The third kappa shape index (κ3) is 2.83. The van der Waals surface area contributed by atoms with E-state index in [1.165, 1.54) is 0 Å². The molecule has 1 saturated heterocycles. The third-order valence-electron chi connectivity index (χ3n) is 3.07. The van der Waals surface area contributed by atoms with Crippen LogP contribution in [-0.2, 0) is 9.53 Å². The number of rotatable bonds is 3. The fraction of sp³-hybridized carbons (Fsp3) is 0.538. The minimum Gasteiger partial charge on any atom is -0.464 e. The Morgan fingerprint density at radius 2 is 2.44 bits per heavy atom. The van der Waals surface area contributed by atoms with Crippen molar-refractivity contribution >= 4 is 27.7 Å². The van der Waals surface area contributed by atoms with Crippen LogP contribution >= 0.6 is 15.9 Å². The second-order valence-electron chi connectivity index (χ2n) is 4.27. The quantitative estimate of drug-likeness (QED) is 0.805. The maximum Gasteiger partial charge on any atom is 0.328 e. The molecule has 18 heavy (non-hydrogen) atoms. The smallest absolute Gasteiger partial charge is 0.328 e. The topological polar surface area (TPSA) is 42.4 Å². The van der Waals surface area contributed by atoms with Crippen LogP contribution in [-0.4, -0.2) is 30.1 Å². The Kier molecular flexibility index (Phi) is 4.58. The Hall–Kier alpha value is -1.10. The highest BCUT2D eigenvalue weighted by molar-refractivity contribution is 9.10. The molecule has 0 aliphatic carbocycles. The average molecular weight is 313 g/mol. The van der Waals surface area contributed by atoms with Crippen LogP contribution in [0.2, 0.25) is 0 Å². The summed E-state index contributed by atoms with van der Waals surface area (Å²) < 4.78 is 6.07. The van der Waals surface area contributed by atoms with Gasteiger partial charge in [0.2, 0.25) is 0 Å². The summed E-state index contributed by atoms with van der Waals surface area (Å²) in [7, 11) is 0. The first-order valence-electron chi connectivity index (χ1n) is 6.28. The van der Waals surface area contributed by atoms with Crippen molar-refractivity contribution in [2.75, 3.05) is 18.1 Å². The fourth-order valence-corrected chi connectivity index (χ4v) is 2.74. The van der Waals surface area contributed by atoms with E-state index in [1.54, 1.807) is 6.20 Å². The lowest BCUT2D eigenvalue weighted by Crippen LogP contribution is -2.46. The molecule has 0 bridgehead atoms. The highest BCUT2D eigenvalue weighted by Crippen LogP contribution is 2.29. The van der Waals surface area contributed by atoms with E-state index in [9.17, 15) is 4.79 Å². The molecule has 4 nitrogen and oxygen atoms in total. The molecule has 2 rings (SSSR count). The molecular weight excluding hydrogens is 296 g/mol. The summed E-state index contributed by atoms with van der Waals surface area (Å²) in [6, 6.07) is 3.61. The van der Waals surface area contributed by atoms with Gasteiger partial charge in [-0.2, -0.15) is 0 Å². The van der Waals surface area contributed by atoms with Crippen LogP contribution in [0.1, 0.15) is 26.2 Å². The molecule has 1 aliphatic heterocycles. The van der Waals surface area contributed by atoms with Crippen molar-refractivity contribution in [1.29, 1.82) is 0 Å². The van der Waals surface area contributed by atoms with Gasteiger partial charge in [0, 0.05) is 12.7 Å². The lowest BCUT2D eigenvalue weighted by molar-refractivity contribution is -0.145. The molecule has 0 spiro atoms. The first-order valence-corrected chi connectivity index (χ1v) is 7.07. The lowest BCUT2D eigenvalue weighted by atomic mass is 10.0. The van der Waals surface area contributed by atoms with Crippen LogP contribution in [0.15, 0.2) is 22.8 Å². The summed E-state index contributed by atoms with van der Waals surface area (Å²) in [5.74, 6) is 0.685. The van der Waals surface area contributed by atoms with Crippen LogP contribution < -0.4 is 4.90 Å². The fourth-order valence-electron chi connectivity index (χ4n) is 2.26. The SMILES string of the molecule is CCOC(=O)C1CCCCN1c1ncccc1Br. The molecular formula is C13H17BrN2O2. The maximum atomic E-state index is 12.0. The van der Waals surface area contributed by atoms with Crippen molar-refractivity contribution in [3.63, 3.8) is 0 Å². The van der Waals surface area contributed by atoms with Crippen LogP contribution in [0.25, 0.3) is 0 Å². The molecule has 1 aliphatic rings. The molecule has 1 aromatic heterocycles. The molecule has 0 aromatic carbocycles. The van der Waals surface area contributed by atoms with Gasteiger partial charge in [0.05, 0.1) is 11.1 Å². The largest absolute Gasteiger partial charge is 0.464 e. The molecule has 0 N–H and O–H groups in total. The molecule has 1 atom stereocenters. The van der Waals surface area contributed by atoms with Gasteiger partial charge in [-0.25, -0.2) is 9.78 Å². The van der Waals surface area contributed by atoms with E-state index in [4.69, 9.17) is 4.74 Å². The molecule has 98 valence electrons. The van der Waals surface area contributed by atoms with Gasteiger partial charge < -0.3 is 9.64 Å². The van der Waals surface area contributed by atoms with Crippen molar-refractivity contribution in [1.82, 2.24) is 4.98 Å². The van der Waals surface area contributed by atoms with E-state index in [1.807, 2.05) is 24.0 Å². The van der Waals surface area contributed by atoms with Crippen molar-refractivity contribution < 1.29 is 9.53 Å². The zero-order chi connectivity index (χ0) is 13.0. The minimum absolute atomic E-state index is 0.144. The van der Waals surface area contributed by atoms with Crippen LogP contribution in [0, 0.1) is 0 Å². The lowest BCUT2D eigenvalue weighted by Gasteiger charge is -2.35. The summed E-state index contributed by atoms with van der Waals surface area (Å²) >= 11 is 3.49. The number of carbonyl (C=O) groups is 1. The number of anilines is 1. The van der Waals surface area contributed by atoms with Crippen molar-refractivity contribution in [2.24, 2.45) is 0 Å². The summed E-state index contributed by atoms with van der Waals surface area (Å²) in [6.07, 6.45) is 4.72. The van der Waals surface area contributed by atoms with Crippen LogP contribution in [0.4, 0.5) is 5.82 Å². The predicted octanol–water partition coefficient (Wildman–Crippen LogP) is 2.77. The Labute approximate surface area is 115 Å². The van der Waals surface area contributed by atoms with Crippen LogP contribution in [0.3, 0.4) is 0 Å². The van der Waals surface area contributed by atoms with Gasteiger partial charge in [0.15, 0.2) is 0 Å². The molecule has 2 heterocycles. The van der Waals surface area contributed by atoms with Gasteiger partial charge in [-0.1, -0.05) is 0 Å². The first kappa shape index (κ1) is 13.3. The number of halogens is 1. The molecule has 0 saturated carbocycles. The standard InChI is InChI=1S/C13H17BrN2O2/c1-2-18-13(17)11-7-3-4-9-16(11)12-10(14)6-5-8-15-12/h5-6,8,11H,2-4,7,9H2,1H3. The number of carbonyl (C=O) groups excluding carboxylic acids is 1. The van der Waals surface area contributed by atoms with E-state index in [-0.39, 0.29) is 12.0 Å². The Bertz CT molecular complexity index is 425. The number of nitrogens with zero attached hydrogens (tertiary/aromatic N) is 2. The summed E-state index contributed by atoms with van der Waals surface area (Å²) in [4.78, 5) is 18.4. The molecule has 0 radical (unpaired) electrons. The number of pyridine rings is 1. The minimum atomic E-state index is -0.204. The third-order valence-corrected chi connectivity index (χ3v) is 3.69. The number of piperidine rings is 1. The summed E-state index contributed by atoms with van der Waals surface area (Å²) in [6.45, 7) is 3.10. The van der Waals surface area contributed by atoms with Crippen molar-refractivity contribution in [3.8, 4) is 0 Å². The second kappa shape index (κ2) is 6.18. The number of hydrogen-bond donors (Lipinski definition) is 0. The molecule has 5 heteroatoms. The van der Waals surface area contributed by atoms with Gasteiger partial charge in [0.25, 0.3) is 0 Å². The van der Waals surface area contributed by atoms with Gasteiger partial charge in [-0.3, -0.25) is 0 Å². The summed E-state index contributed by atoms with van der Waals surface area (Å²) in [5, 5.41) is 0. The van der Waals surface area contributed by atoms with Gasteiger partial charge in [-0.15, -0.1) is 0 Å². The van der Waals surface area contributed by atoms with E-state index in [2.05, 4.69) is 20.9 Å². The average Bonchev–Trinajstić information content (AvgIpc) is 2.40. The number of ether oxygens (including phenoxy) is 1. The predicted molar refractivity (Wildman–Crippen MR) is 73.6 cm³/mol. The number of aromatic nitrogens is 1. The summed E-state index contributed by atoms with van der Waals surface area (Å²) in [5.41, 5.74) is 0. The zero-order valence-corrected chi connectivity index (χ0v) is 12.0. The van der Waals surface area contributed by atoms with Gasteiger partial charge >= 0.3 is 5.97 Å². The van der Waals surface area contributed by atoms with E-state index in [0.29, 0.717) is 6.61 Å². The van der Waals surface area contributed by atoms with E-state index in [0.717, 1.165) is 36.1 Å². The van der Waals surface area contributed by atoms with E-state index >= 15 is 0 Å². The van der Waals surface area contributed by atoms with E-state index < -0.39 is 0 Å². The highest BCUT2D eigenvalue weighted by Gasteiger charge is 2.31. The molecule has 1 aromatic rings. The molecule has 1 unspecified atom stereocenters. The number of esters is 1. The van der Waals surface area contributed by atoms with Crippen LogP contribution in [0.5, 0.6) is 0 Å². The normalized spacial score (nSPS) is 19.7. The maximum absolute atomic E-state index is 12.0.